The minimum Gasteiger partial charge on any atom is -0.381 e. The summed E-state index contributed by atoms with van der Waals surface area (Å²) in [5.74, 6) is 0.708. The Morgan fingerprint density at radius 1 is 1.23 bits per heavy atom. The maximum atomic E-state index is 5.46. The van der Waals surface area contributed by atoms with Crippen LogP contribution < -0.4 is 0 Å². The zero-order valence-corrected chi connectivity index (χ0v) is 14.3. The molecule has 2 rings (SSSR count). The van der Waals surface area contributed by atoms with E-state index in [4.69, 9.17) is 4.74 Å². The predicted octanol–water partition coefficient (Wildman–Crippen LogP) is 4.40. The SMILES string of the molecule is CC(C)=CN(/C=C(\C)c1ccc(C)cn1)CC1CCOCC1. The van der Waals surface area contributed by atoms with Crippen molar-refractivity contribution >= 4 is 5.57 Å². The van der Waals surface area contributed by atoms with Crippen LogP contribution >= 0.6 is 0 Å². The Bertz CT molecular complexity index is 521. The second-order valence-corrected chi connectivity index (χ2v) is 6.49. The molecular formula is C19H28N2O. The second-order valence-electron chi connectivity index (χ2n) is 6.49. The van der Waals surface area contributed by atoms with Crippen LogP contribution in [0.15, 0.2) is 36.3 Å². The third kappa shape index (κ3) is 5.30. The lowest BCUT2D eigenvalue weighted by Gasteiger charge is -2.27. The normalized spacial score (nSPS) is 16.5. The average Bonchev–Trinajstić information content (AvgIpc) is 2.48. The number of hydrogen-bond acceptors (Lipinski definition) is 3. The highest BCUT2D eigenvalue weighted by molar-refractivity contribution is 5.60. The summed E-state index contributed by atoms with van der Waals surface area (Å²) in [5, 5.41) is 0. The summed E-state index contributed by atoms with van der Waals surface area (Å²) < 4.78 is 5.46. The molecule has 0 aliphatic carbocycles. The van der Waals surface area contributed by atoms with Gasteiger partial charge in [0.25, 0.3) is 0 Å². The fraction of sp³-hybridized carbons (Fsp3) is 0.526. The highest BCUT2D eigenvalue weighted by Crippen LogP contribution is 2.19. The van der Waals surface area contributed by atoms with Crippen LogP contribution in [0.2, 0.25) is 0 Å². The lowest BCUT2D eigenvalue weighted by Crippen LogP contribution is -2.26. The van der Waals surface area contributed by atoms with Gasteiger partial charge in [0.1, 0.15) is 0 Å². The Morgan fingerprint density at radius 3 is 2.55 bits per heavy atom. The number of hydrogen-bond donors (Lipinski definition) is 0. The lowest BCUT2D eigenvalue weighted by molar-refractivity contribution is 0.0611. The Hall–Kier alpha value is -1.61. The maximum Gasteiger partial charge on any atom is 0.0673 e. The zero-order chi connectivity index (χ0) is 15.9. The minimum atomic E-state index is 0.708. The first-order valence-corrected chi connectivity index (χ1v) is 8.14. The fourth-order valence-electron chi connectivity index (χ4n) is 2.72. The van der Waals surface area contributed by atoms with Crippen molar-refractivity contribution in [3.8, 4) is 0 Å². The van der Waals surface area contributed by atoms with Gasteiger partial charge in [0.15, 0.2) is 0 Å². The van der Waals surface area contributed by atoms with E-state index in [0.717, 1.165) is 38.3 Å². The molecule has 1 aliphatic rings. The van der Waals surface area contributed by atoms with Gasteiger partial charge in [0.2, 0.25) is 0 Å². The topological polar surface area (TPSA) is 25.4 Å². The Morgan fingerprint density at radius 2 is 1.95 bits per heavy atom. The lowest BCUT2D eigenvalue weighted by atomic mass is 10.00. The fourth-order valence-corrected chi connectivity index (χ4v) is 2.72. The first-order chi connectivity index (χ1) is 10.5. The molecule has 1 fully saturated rings. The molecule has 0 amide bonds. The molecule has 0 bridgehead atoms. The molecule has 0 N–H and O–H groups in total. The van der Waals surface area contributed by atoms with Gasteiger partial charge in [0.05, 0.1) is 5.69 Å². The van der Waals surface area contributed by atoms with Crippen LogP contribution in [-0.4, -0.2) is 29.6 Å². The summed E-state index contributed by atoms with van der Waals surface area (Å²) in [7, 11) is 0. The number of nitrogens with zero attached hydrogens (tertiary/aromatic N) is 2. The molecule has 22 heavy (non-hydrogen) atoms. The number of ether oxygens (including phenoxy) is 1. The van der Waals surface area contributed by atoms with E-state index in [-0.39, 0.29) is 0 Å². The van der Waals surface area contributed by atoms with Crippen LogP contribution in [0.3, 0.4) is 0 Å². The molecule has 0 radical (unpaired) electrons. The van der Waals surface area contributed by atoms with Gasteiger partial charge < -0.3 is 9.64 Å². The van der Waals surface area contributed by atoms with Crippen LogP contribution in [0, 0.1) is 12.8 Å². The van der Waals surface area contributed by atoms with Gasteiger partial charge in [-0.2, -0.15) is 0 Å². The van der Waals surface area contributed by atoms with Gasteiger partial charge in [-0.25, -0.2) is 0 Å². The van der Waals surface area contributed by atoms with E-state index >= 15 is 0 Å². The Kier molecular flexibility index (Phi) is 6.20. The molecule has 1 aromatic rings. The van der Waals surface area contributed by atoms with Crippen molar-refractivity contribution in [2.75, 3.05) is 19.8 Å². The predicted molar refractivity (Wildman–Crippen MR) is 92.3 cm³/mol. The smallest absolute Gasteiger partial charge is 0.0673 e. The molecule has 1 aromatic heterocycles. The van der Waals surface area contributed by atoms with Crippen molar-refractivity contribution in [3.05, 3.63) is 47.6 Å². The maximum absolute atomic E-state index is 5.46. The van der Waals surface area contributed by atoms with Crippen LogP contribution in [0.25, 0.3) is 5.57 Å². The number of aryl methyl sites for hydroxylation is 1. The number of rotatable bonds is 5. The van der Waals surface area contributed by atoms with Crippen molar-refractivity contribution in [1.29, 1.82) is 0 Å². The van der Waals surface area contributed by atoms with Crippen molar-refractivity contribution in [3.63, 3.8) is 0 Å². The Labute approximate surface area is 134 Å². The van der Waals surface area contributed by atoms with Crippen LogP contribution in [-0.2, 0) is 4.74 Å². The molecule has 0 saturated carbocycles. The average molecular weight is 300 g/mol. The summed E-state index contributed by atoms with van der Waals surface area (Å²) >= 11 is 0. The molecule has 3 nitrogen and oxygen atoms in total. The molecule has 1 aliphatic heterocycles. The quantitative estimate of drug-likeness (QED) is 0.805. The highest BCUT2D eigenvalue weighted by atomic mass is 16.5. The highest BCUT2D eigenvalue weighted by Gasteiger charge is 2.15. The van der Waals surface area contributed by atoms with Gasteiger partial charge in [-0.05, 0) is 63.7 Å². The third-order valence-electron chi connectivity index (χ3n) is 3.91. The van der Waals surface area contributed by atoms with E-state index in [1.54, 1.807) is 0 Å². The van der Waals surface area contributed by atoms with Crippen molar-refractivity contribution in [2.24, 2.45) is 5.92 Å². The zero-order valence-electron chi connectivity index (χ0n) is 14.3. The van der Waals surface area contributed by atoms with Gasteiger partial charge in [0, 0.05) is 38.4 Å². The molecular weight excluding hydrogens is 272 g/mol. The van der Waals surface area contributed by atoms with Crippen LogP contribution in [0.5, 0.6) is 0 Å². The number of pyridine rings is 1. The van der Waals surface area contributed by atoms with Gasteiger partial charge in [-0.15, -0.1) is 0 Å². The number of allylic oxidation sites excluding steroid dienone is 2. The third-order valence-corrected chi connectivity index (χ3v) is 3.91. The summed E-state index contributed by atoms with van der Waals surface area (Å²) in [6.45, 7) is 11.3. The largest absolute Gasteiger partial charge is 0.381 e. The summed E-state index contributed by atoms with van der Waals surface area (Å²) in [4.78, 5) is 6.84. The van der Waals surface area contributed by atoms with Gasteiger partial charge >= 0.3 is 0 Å². The molecule has 120 valence electrons. The van der Waals surface area contributed by atoms with Crippen molar-refractivity contribution in [1.82, 2.24) is 9.88 Å². The van der Waals surface area contributed by atoms with Crippen LogP contribution in [0.1, 0.15) is 44.9 Å². The molecule has 0 aromatic carbocycles. The molecule has 2 heterocycles. The summed E-state index contributed by atoms with van der Waals surface area (Å²) in [5.41, 5.74) is 4.75. The molecule has 1 saturated heterocycles. The van der Waals surface area contributed by atoms with Crippen molar-refractivity contribution in [2.45, 2.75) is 40.5 Å². The molecule has 0 atom stereocenters. The van der Waals surface area contributed by atoms with Gasteiger partial charge in [-0.1, -0.05) is 11.6 Å². The molecule has 0 unspecified atom stereocenters. The van der Waals surface area contributed by atoms with E-state index in [9.17, 15) is 0 Å². The molecule has 0 spiro atoms. The van der Waals surface area contributed by atoms with Gasteiger partial charge in [-0.3, -0.25) is 4.98 Å². The summed E-state index contributed by atoms with van der Waals surface area (Å²) in [6.07, 6.45) is 8.69. The summed E-state index contributed by atoms with van der Waals surface area (Å²) in [6, 6.07) is 4.21. The van der Waals surface area contributed by atoms with E-state index in [1.807, 2.05) is 6.20 Å². The van der Waals surface area contributed by atoms with E-state index in [2.05, 4.69) is 62.1 Å². The Balaban J connectivity index is 2.11. The van der Waals surface area contributed by atoms with E-state index in [0.29, 0.717) is 5.92 Å². The van der Waals surface area contributed by atoms with Crippen LogP contribution in [0.4, 0.5) is 0 Å². The first-order valence-electron chi connectivity index (χ1n) is 8.14. The standard InChI is InChI=1S/C19H28N2O/c1-15(2)12-21(14-18-7-9-22-10-8-18)13-17(4)19-6-5-16(3)11-20-19/h5-6,11-13,18H,7-10,14H2,1-4H3/b17-13+. The van der Waals surface area contributed by atoms with E-state index in [1.165, 1.54) is 16.7 Å². The molecule has 3 heteroatoms. The monoisotopic (exact) mass is 300 g/mol. The van der Waals surface area contributed by atoms with Crippen molar-refractivity contribution < 1.29 is 4.74 Å². The number of aromatic nitrogens is 1. The minimum absolute atomic E-state index is 0.708. The van der Waals surface area contributed by atoms with E-state index < -0.39 is 0 Å². The first kappa shape index (κ1) is 16.8. The second kappa shape index (κ2) is 8.14.